The molecule has 11 heteroatoms. The molecule has 1 fully saturated rings. The van der Waals surface area contributed by atoms with E-state index in [4.69, 9.17) is 32.7 Å². The summed E-state index contributed by atoms with van der Waals surface area (Å²) >= 11 is 11.6. The summed E-state index contributed by atoms with van der Waals surface area (Å²) in [6.45, 7) is 2.17. The lowest BCUT2D eigenvalue weighted by atomic mass is 10.1. The maximum Gasteiger partial charge on any atom is 0.275 e. The minimum Gasteiger partial charge on any atom is -0.489 e. The first kappa shape index (κ1) is 23.0. The minimum absolute atomic E-state index is 0.00872. The lowest BCUT2D eigenvalue weighted by molar-refractivity contribution is -0.133. The summed E-state index contributed by atoms with van der Waals surface area (Å²) in [7, 11) is 0. The SMILES string of the molecule is O=C(NN1CCN(NC(O)COc2ccc(Cl)c(F)c2)CC1)C1Cc2cc(Cl)ccc2O1. The fourth-order valence-corrected chi connectivity index (χ4v) is 3.84. The van der Waals surface area contributed by atoms with Crippen LogP contribution in [-0.2, 0) is 11.2 Å². The van der Waals surface area contributed by atoms with Gasteiger partial charge in [-0.15, -0.1) is 0 Å². The molecule has 4 rings (SSSR count). The third-order valence-electron chi connectivity index (χ3n) is 5.17. The molecule has 2 aromatic rings. The highest BCUT2D eigenvalue weighted by Gasteiger charge is 2.31. The molecule has 0 aliphatic carbocycles. The highest BCUT2D eigenvalue weighted by Crippen LogP contribution is 2.31. The average Bonchev–Trinajstić information content (AvgIpc) is 3.19. The highest BCUT2D eigenvalue weighted by molar-refractivity contribution is 6.31. The van der Waals surface area contributed by atoms with Crippen LogP contribution >= 0.6 is 23.2 Å². The van der Waals surface area contributed by atoms with Gasteiger partial charge in [0.25, 0.3) is 5.91 Å². The molecule has 0 radical (unpaired) electrons. The number of ether oxygens (including phenoxy) is 2. The Hall–Kier alpha value is -2.14. The van der Waals surface area contributed by atoms with Crippen LogP contribution in [0.15, 0.2) is 36.4 Å². The number of carbonyl (C=O) groups excluding carboxylic acids is 1. The molecule has 2 aromatic carbocycles. The van der Waals surface area contributed by atoms with E-state index >= 15 is 0 Å². The van der Waals surface area contributed by atoms with Gasteiger partial charge in [-0.1, -0.05) is 23.2 Å². The number of rotatable bonds is 7. The Morgan fingerprint density at radius 1 is 1.19 bits per heavy atom. The monoisotopic (exact) mass is 484 g/mol. The molecular weight excluding hydrogens is 462 g/mol. The van der Waals surface area contributed by atoms with E-state index in [1.165, 1.54) is 12.1 Å². The van der Waals surface area contributed by atoms with Gasteiger partial charge < -0.3 is 14.6 Å². The van der Waals surface area contributed by atoms with Crippen molar-refractivity contribution in [2.45, 2.75) is 18.8 Å². The van der Waals surface area contributed by atoms with Gasteiger partial charge in [-0.25, -0.2) is 19.8 Å². The smallest absolute Gasteiger partial charge is 0.275 e. The number of halogens is 3. The maximum absolute atomic E-state index is 13.4. The van der Waals surface area contributed by atoms with Crippen LogP contribution < -0.4 is 20.3 Å². The van der Waals surface area contributed by atoms with Crippen LogP contribution in [0.1, 0.15) is 5.56 Å². The van der Waals surface area contributed by atoms with E-state index in [0.717, 1.165) is 11.6 Å². The van der Waals surface area contributed by atoms with Gasteiger partial charge in [-0.3, -0.25) is 10.2 Å². The van der Waals surface area contributed by atoms with Gasteiger partial charge >= 0.3 is 0 Å². The van der Waals surface area contributed by atoms with Gasteiger partial charge in [0, 0.05) is 43.7 Å². The molecule has 2 atom stereocenters. The molecule has 0 aromatic heterocycles. The number of fused-ring (bicyclic) bond motifs is 1. The van der Waals surface area contributed by atoms with Gasteiger partial charge in [0.2, 0.25) is 0 Å². The van der Waals surface area contributed by atoms with E-state index in [0.29, 0.717) is 43.4 Å². The van der Waals surface area contributed by atoms with Crippen molar-refractivity contribution in [2.75, 3.05) is 32.8 Å². The topological polar surface area (TPSA) is 86.3 Å². The molecule has 2 aliphatic heterocycles. The number of aliphatic hydroxyl groups is 1. The molecule has 0 bridgehead atoms. The van der Waals surface area contributed by atoms with Gasteiger partial charge in [-0.2, -0.15) is 0 Å². The van der Waals surface area contributed by atoms with Crippen molar-refractivity contribution < 1.29 is 23.8 Å². The second kappa shape index (κ2) is 10.2. The third-order valence-corrected chi connectivity index (χ3v) is 5.71. The molecule has 2 aliphatic rings. The van der Waals surface area contributed by atoms with Gasteiger partial charge in [0.05, 0.1) is 5.02 Å². The number of hydrazine groups is 2. The number of nitrogens with one attached hydrogen (secondary N) is 2. The number of benzene rings is 2. The molecule has 0 saturated carbocycles. The molecule has 172 valence electrons. The average molecular weight is 485 g/mol. The van der Waals surface area contributed by atoms with E-state index in [1.807, 2.05) is 16.1 Å². The first-order valence-corrected chi connectivity index (χ1v) is 10.9. The Balaban J connectivity index is 1.16. The van der Waals surface area contributed by atoms with E-state index < -0.39 is 18.1 Å². The number of aliphatic hydroxyl groups excluding tert-OH is 1. The van der Waals surface area contributed by atoms with Crippen molar-refractivity contribution in [2.24, 2.45) is 0 Å². The summed E-state index contributed by atoms with van der Waals surface area (Å²) in [4.78, 5) is 12.6. The highest BCUT2D eigenvalue weighted by atomic mass is 35.5. The Labute approximate surface area is 194 Å². The Kier molecular flexibility index (Phi) is 7.34. The van der Waals surface area contributed by atoms with Crippen molar-refractivity contribution in [1.82, 2.24) is 20.9 Å². The Bertz CT molecular complexity index is 975. The number of amides is 1. The maximum atomic E-state index is 13.4. The summed E-state index contributed by atoms with van der Waals surface area (Å²) in [6.07, 6.45) is -1.09. The summed E-state index contributed by atoms with van der Waals surface area (Å²) in [5.41, 5.74) is 6.74. The lowest BCUT2D eigenvalue weighted by Gasteiger charge is -2.36. The fraction of sp³-hybridized carbons (Fsp3) is 0.381. The normalized spacial score (nSPS) is 19.8. The van der Waals surface area contributed by atoms with Crippen molar-refractivity contribution in [3.63, 3.8) is 0 Å². The summed E-state index contributed by atoms with van der Waals surface area (Å²) in [5.74, 6) is 0.169. The van der Waals surface area contributed by atoms with Crippen LogP contribution in [0.2, 0.25) is 10.0 Å². The Morgan fingerprint density at radius 3 is 2.69 bits per heavy atom. The molecule has 32 heavy (non-hydrogen) atoms. The molecule has 3 N–H and O–H groups in total. The second-order valence-corrected chi connectivity index (χ2v) is 8.39. The van der Waals surface area contributed by atoms with Crippen molar-refractivity contribution in [3.05, 3.63) is 57.8 Å². The summed E-state index contributed by atoms with van der Waals surface area (Å²) in [5, 5.41) is 14.4. The van der Waals surface area contributed by atoms with Gasteiger partial charge in [0.1, 0.15) is 23.9 Å². The standard InChI is InChI=1S/C21H23Cl2FN4O4/c22-14-1-4-18-13(9-14)10-19(32-18)21(30)26-28-7-5-27(6-8-28)25-20(29)12-31-15-2-3-16(23)17(24)11-15/h1-4,9,11,19-20,25,29H,5-8,10,12H2,(H,26,30). The van der Waals surface area contributed by atoms with Crippen LogP contribution in [0, 0.1) is 5.82 Å². The first-order valence-electron chi connectivity index (χ1n) is 10.1. The number of carbonyl (C=O) groups is 1. The number of hydrogen-bond donors (Lipinski definition) is 3. The number of piperazine rings is 1. The molecular formula is C21H23Cl2FN4O4. The summed E-state index contributed by atoms with van der Waals surface area (Å²) < 4.78 is 24.5. The molecule has 8 nitrogen and oxygen atoms in total. The first-order chi connectivity index (χ1) is 15.4. The fourth-order valence-electron chi connectivity index (χ4n) is 3.53. The molecule has 1 saturated heterocycles. The van der Waals surface area contributed by atoms with E-state index in [2.05, 4.69) is 10.9 Å². The molecule has 1 amide bonds. The zero-order chi connectivity index (χ0) is 22.7. The van der Waals surface area contributed by atoms with Gasteiger partial charge in [0.15, 0.2) is 12.3 Å². The largest absolute Gasteiger partial charge is 0.489 e. The van der Waals surface area contributed by atoms with E-state index in [9.17, 15) is 14.3 Å². The molecule has 2 unspecified atom stereocenters. The van der Waals surface area contributed by atoms with Crippen LogP contribution in [0.3, 0.4) is 0 Å². The van der Waals surface area contributed by atoms with Crippen molar-refractivity contribution in [1.29, 1.82) is 0 Å². The molecule has 2 heterocycles. The van der Waals surface area contributed by atoms with Crippen LogP contribution in [-0.4, -0.2) is 66.1 Å². The predicted molar refractivity (Wildman–Crippen MR) is 117 cm³/mol. The number of hydrogen-bond acceptors (Lipinski definition) is 7. The minimum atomic E-state index is -0.980. The van der Waals surface area contributed by atoms with Crippen molar-refractivity contribution >= 4 is 29.1 Å². The van der Waals surface area contributed by atoms with E-state index in [-0.39, 0.29) is 23.3 Å². The predicted octanol–water partition coefficient (Wildman–Crippen LogP) is 1.99. The zero-order valence-corrected chi connectivity index (χ0v) is 18.6. The Morgan fingerprint density at radius 2 is 1.94 bits per heavy atom. The van der Waals surface area contributed by atoms with Crippen molar-refractivity contribution in [3.8, 4) is 11.5 Å². The molecule has 0 spiro atoms. The van der Waals surface area contributed by atoms with Crippen LogP contribution in [0.25, 0.3) is 0 Å². The lowest BCUT2D eigenvalue weighted by Crippen LogP contribution is -2.60. The van der Waals surface area contributed by atoms with Crippen LogP contribution in [0.4, 0.5) is 4.39 Å². The zero-order valence-electron chi connectivity index (χ0n) is 17.1. The quantitative estimate of drug-likeness (QED) is 0.518. The van der Waals surface area contributed by atoms with Gasteiger partial charge in [-0.05, 0) is 35.9 Å². The van der Waals surface area contributed by atoms with E-state index in [1.54, 1.807) is 12.1 Å². The third kappa shape index (κ3) is 5.80. The second-order valence-electron chi connectivity index (χ2n) is 7.54. The summed E-state index contributed by atoms with van der Waals surface area (Å²) in [6, 6.07) is 9.41. The number of nitrogens with zero attached hydrogens (tertiary/aromatic N) is 2. The van der Waals surface area contributed by atoms with Crippen LogP contribution in [0.5, 0.6) is 11.5 Å².